The van der Waals surface area contributed by atoms with Crippen LogP contribution in [0, 0.1) is 5.92 Å². The van der Waals surface area contributed by atoms with Gasteiger partial charge in [-0.15, -0.1) is 5.10 Å². The highest BCUT2D eigenvalue weighted by Gasteiger charge is 2.51. The monoisotopic (exact) mass is 293 g/mol. The number of hydrogen-bond donors (Lipinski definition) is 1. The molecule has 0 radical (unpaired) electrons. The van der Waals surface area contributed by atoms with Crippen molar-refractivity contribution < 1.29 is 9.53 Å². The van der Waals surface area contributed by atoms with Gasteiger partial charge in [0, 0.05) is 24.2 Å². The van der Waals surface area contributed by atoms with Crippen LogP contribution in [0.15, 0.2) is 12.4 Å². The molecule has 2 fully saturated rings. The second-order valence-electron chi connectivity index (χ2n) is 7.27. The van der Waals surface area contributed by atoms with E-state index in [0.29, 0.717) is 12.5 Å². The van der Waals surface area contributed by atoms with Gasteiger partial charge in [0.05, 0.1) is 6.20 Å². The van der Waals surface area contributed by atoms with Gasteiger partial charge >= 0.3 is 6.09 Å². The number of aromatic nitrogens is 3. The third-order valence-corrected chi connectivity index (χ3v) is 4.25. The molecule has 1 aromatic heterocycles. The number of ether oxygens (including phenoxy) is 1. The summed E-state index contributed by atoms with van der Waals surface area (Å²) in [5, 5.41) is 7.95. The number of carbonyl (C=O) groups excluding carboxylic acids is 1. The summed E-state index contributed by atoms with van der Waals surface area (Å²) in [6.45, 7) is 6.10. The van der Waals surface area contributed by atoms with E-state index in [1.165, 1.54) is 0 Å². The van der Waals surface area contributed by atoms with Crippen molar-refractivity contribution in [1.29, 1.82) is 0 Å². The minimum absolute atomic E-state index is 0.151. The summed E-state index contributed by atoms with van der Waals surface area (Å²) < 4.78 is 7.29. The van der Waals surface area contributed by atoms with Crippen molar-refractivity contribution in [2.75, 3.05) is 6.54 Å². The average molecular weight is 293 g/mol. The highest BCUT2D eigenvalue weighted by molar-refractivity contribution is 5.69. The lowest BCUT2D eigenvalue weighted by atomic mass is 9.90. The van der Waals surface area contributed by atoms with Gasteiger partial charge in [-0.05, 0) is 40.0 Å². The third-order valence-electron chi connectivity index (χ3n) is 4.25. The highest BCUT2D eigenvalue weighted by Crippen LogP contribution is 2.46. The Labute approximate surface area is 124 Å². The summed E-state index contributed by atoms with van der Waals surface area (Å²) in [6.07, 6.45) is 5.79. The first-order chi connectivity index (χ1) is 9.77. The van der Waals surface area contributed by atoms with Gasteiger partial charge in [0.1, 0.15) is 11.8 Å². The Bertz CT molecular complexity index is 524. The second kappa shape index (κ2) is 4.69. The van der Waals surface area contributed by atoms with Crippen LogP contribution in [-0.2, 0) is 4.74 Å². The van der Waals surface area contributed by atoms with Gasteiger partial charge in [0.15, 0.2) is 0 Å². The number of carbonyl (C=O) groups is 1. The second-order valence-corrected chi connectivity index (χ2v) is 7.27. The first-order valence-corrected chi connectivity index (χ1v) is 7.42. The van der Waals surface area contributed by atoms with Gasteiger partial charge in [0.2, 0.25) is 0 Å². The molecule has 1 saturated heterocycles. The van der Waals surface area contributed by atoms with Gasteiger partial charge in [0.25, 0.3) is 0 Å². The van der Waals surface area contributed by atoms with Crippen LogP contribution in [-0.4, -0.2) is 43.7 Å². The fraction of sp³-hybridized carbons (Fsp3) is 0.786. The number of amides is 1. The van der Waals surface area contributed by atoms with Crippen LogP contribution >= 0.6 is 0 Å². The lowest BCUT2D eigenvalue weighted by molar-refractivity contribution is -0.0234. The zero-order valence-corrected chi connectivity index (χ0v) is 12.8. The van der Waals surface area contributed by atoms with Crippen LogP contribution < -0.4 is 5.73 Å². The predicted molar refractivity (Wildman–Crippen MR) is 76.3 cm³/mol. The summed E-state index contributed by atoms with van der Waals surface area (Å²) in [5.41, 5.74) is 5.59. The maximum atomic E-state index is 12.6. The Kier molecular flexibility index (Phi) is 3.20. The SMILES string of the molecule is CC(C)(C)OC(=O)N1CC2(N)CCC(C2)C1n1ccnn1. The fourth-order valence-corrected chi connectivity index (χ4v) is 3.49. The van der Waals surface area contributed by atoms with Crippen molar-refractivity contribution in [3.63, 3.8) is 0 Å². The zero-order valence-electron chi connectivity index (χ0n) is 12.8. The molecule has 1 amide bonds. The lowest BCUT2D eigenvalue weighted by Gasteiger charge is -2.43. The van der Waals surface area contributed by atoms with E-state index in [0.717, 1.165) is 19.3 Å². The molecule has 2 aliphatic rings. The topological polar surface area (TPSA) is 86.3 Å². The van der Waals surface area contributed by atoms with Crippen molar-refractivity contribution in [3.8, 4) is 0 Å². The van der Waals surface area contributed by atoms with E-state index in [4.69, 9.17) is 10.5 Å². The molecule has 116 valence electrons. The Morgan fingerprint density at radius 3 is 2.86 bits per heavy atom. The molecule has 0 aromatic carbocycles. The van der Waals surface area contributed by atoms with Crippen molar-refractivity contribution in [2.24, 2.45) is 11.7 Å². The van der Waals surface area contributed by atoms with Gasteiger partial charge in [-0.3, -0.25) is 4.90 Å². The molecule has 2 bridgehead atoms. The average Bonchev–Trinajstić information content (AvgIpc) is 2.96. The molecular weight excluding hydrogens is 270 g/mol. The standard InChI is InChI=1S/C14H23N5O2/c1-13(2,3)21-12(20)18-9-14(15)5-4-10(8-14)11(18)19-7-6-16-17-19/h6-7,10-11H,4-5,8-9,15H2,1-3H3. The van der Waals surface area contributed by atoms with Crippen molar-refractivity contribution in [3.05, 3.63) is 12.4 Å². The molecule has 1 saturated carbocycles. The predicted octanol–water partition coefficient (Wildman–Crippen LogP) is 1.52. The Morgan fingerprint density at radius 2 is 2.24 bits per heavy atom. The van der Waals surface area contributed by atoms with E-state index in [2.05, 4.69) is 10.3 Å². The van der Waals surface area contributed by atoms with Crippen molar-refractivity contribution >= 4 is 6.09 Å². The largest absolute Gasteiger partial charge is 0.444 e. The molecule has 7 heteroatoms. The Hall–Kier alpha value is -1.63. The Balaban J connectivity index is 1.89. The van der Waals surface area contributed by atoms with Crippen LogP contribution in [0.3, 0.4) is 0 Å². The number of likely N-dealkylation sites (tertiary alicyclic amines) is 1. The van der Waals surface area contributed by atoms with Crippen LogP contribution in [0.2, 0.25) is 0 Å². The van der Waals surface area contributed by atoms with Crippen molar-refractivity contribution in [2.45, 2.75) is 57.3 Å². The van der Waals surface area contributed by atoms with Crippen LogP contribution in [0.4, 0.5) is 4.79 Å². The van der Waals surface area contributed by atoms with Gasteiger partial charge < -0.3 is 10.5 Å². The number of nitrogens with two attached hydrogens (primary N) is 1. The van der Waals surface area contributed by atoms with Gasteiger partial charge in [-0.1, -0.05) is 5.21 Å². The maximum absolute atomic E-state index is 12.6. The number of piperidine rings is 1. The lowest BCUT2D eigenvalue weighted by Crippen LogP contribution is -2.57. The number of nitrogens with zero attached hydrogens (tertiary/aromatic N) is 4. The maximum Gasteiger partial charge on any atom is 0.412 e. The molecule has 2 heterocycles. The summed E-state index contributed by atoms with van der Waals surface area (Å²) in [6, 6.07) is 0. The zero-order chi connectivity index (χ0) is 15.3. The molecule has 3 atom stereocenters. The summed E-state index contributed by atoms with van der Waals surface area (Å²) >= 11 is 0. The molecule has 1 aliphatic carbocycles. The molecule has 3 rings (SSSR count). The van der Waals surface area contributed by atoms with Crippen LogP contribution in [0.1, 0.15) is 46.2 Å². The van der Waals surface area contributed by atoms with E-state index >= 15 is 0 Å². The van der Waals surface area contributed by atoms with Gasteiger partial charge in [-0.2, -0.15) is 0 Å². The number of rotatable bonds is 1. The van der Waals surface area contributed by atoms with E-state index < -0.39 is 5.60 Å². The van der Waals surface area contributed by atoms with E-state index in [-0.39, 0.29) is 17.8 Å². The molecule has 1 aliphatic heterocycles. The third kappa shape index (κ3) is 2.74. The quantitative estimate of drug-likeness (QED) is 0.848. The molecule has 3 unspecified atom stereocenters. The molecule has 1 aromatic rings. The Morgan fingerprint density at radius 1 is 1.48 bits per heavy atom. The van der Waals surface area contributed by atoms with Crippen LogP contribution in [0.25, 0.3) is 0 Å². The molecule has 7 nitrogen and oxygen atoms in total. The summed E-state index contributed by atoms with van der Waals surface area (Å²) in [5.74, 6) is 0.304. The molecular formula is C14H23N5O2. The smallest absolute Gasteiger partial charge is 0.412 e. The fourth-order valence-electron chi connectivity index (χ4n) is 3.49. The van der Waals surface area contributed by atoms with E-state index in [9.17, 15) is 4.79 Å². The summed E-state index contributed by atoms with van der Waals surface area (Å²) in [4.78, 5) is 14.3. The molecule has 21 heavy (non-hydrogen) atoms. The van der Waals surface area contributed by atoms with E-state index in [1.807, 2.05) is 20.8 Å². The minimum Gasteiger partial charge on any atom is -0.444 e. The van der Waals surface area contributed by atoms with E-state index in [1.54, 1.807) is 22.0 Å². The molecule has 0 spiro atoms. The number of hydrogen-bond acceptors (Lipinski definition) is 5. The number of fused-ring (bicyclic) bond motifs is 2. The first kappa shape index (κ1) is 14.3. The van der Waals surface area contributed by atoms with Gasteiger partial charge in [-0.25, -0.2) is 9.48 Å². The van der Waals surface area contributed by atoms with Crippen LogP contribution in [0.5, 0.6) is 0 Å². The summed E-state index contributed by atoms with van der Waals surface area (Å²) in [7, 11) is 0. The minimum atomic E-state index is -0.526. The first-order valence-electron chi connectivity index (χ1n) is 7.42. The normalized spacial score (nSPS) is 32.3. The highest BCUT2D eigenvalue weighted by atomic mass is 16.6. The molecule has 2 N–H and O–H groups in total. The van der Waals surface area contributed by atoms with Crippen molar-refractivity contribution in [1.82, 2.24) is 19.9 Å².